The number of hydrogen-bond acceptors (Lipinski definition) is 5. The topological polar surface area (TPSA) is 94.3 Å². The number of carbonyl (C=O) groups excluding carboxylic acids is 1. The quantitative estimate of drug-likeness (QED) is 0.560. The lowest BCUT2D eigenvalue weighted by Crippen LogP contribution is -2.12. The van der Waals surface area contributed by atoms with Crippen molar-refractivity contribution in [2.45, 2.75) is 45.8 Å². The number of hydrogen-bond donors (Lipinski definition) is 1. The van der Waals surface area contributed by atoms with E-state index in [0.29, 0.717) is 18.7 Å². The third-order valence-corrected chi connectivity index (χ3v) is 4.90. The van der Waals surface area contributed by atoms with E-state index in [9.17, 15) is 9.59 Å². The summed E-state index contributed by atoms with van der Waals surface area (Å²) in [6, 6.07) is 5.86. The smallest absolute Gasteiger partial charge is 0.303 e. The molecule has 142 valence electrons. The average molecular weight is 434 g/mol. The lowest BCUT2D eigenvalue weighted by Gasteiger charge is -2.18. The number of imidazole rings is 1. The van der Waals surface area contributed by atoms with Crippen LogP contribution < -0.4 is 0 Å². The van der Waals surface area contributed by atoms with Crippen LogP contribution in [0.4, 0.5) is 0 Å². The maximum atomic E-state index is 11.3. The number of pyridine rings is 1. The second-order valence-electron chi connectivity index (χ2n) is 6.47. The van der Waals surface area contributed by atoms with Crippen LogP contribution in [0.5, 0.6) is 0 Å². The molecule has 0 spiro atoms. The second kappa shape index (κ2) is 8.04. The van der Waals surface area contributed by atoms with Crippen LogP contribution >= 0.6 is 15.9 Å². The van der Waals surface area contributed by atoms with E-state index < -0.39 is 5.97 Å². The van der Waals surface area contributed by atoms with Crippen molar-refractivity contribution in [3.63, 3.8) is 0 Å². The summed E-state index contributed by atoms with van der Waals surface area (Å²) in [6.07, 6.45) is 3.05. The first-order valence-corrected chi connectivity index (χ1v) is 9.46. The highest BCUT2D eigenvalue weighted by Gasteiger charge is 2.19. The van der Waals surface area contributed by atoms with Gasteiger partial charge in [0.1, 0.15) is 17.9 Å². The fourth-order valence-electron chi connectivity index (χ4n) is 3.22. The third kappa shape index (κ3) is 4.27. The summed E-state index contributed by atoms with van der Waals surface area (Å²) in [5.41, 5.74) is 2.46. The zero-order valence-electron chi connectivity index (χ0n) is 15.1. The minimum atomic E-state index is -0.808. The molecule has 0 aliphatic rings. The van der Waals surface area contributed by atoms with Gasteiger partial charge in [0.05, 0.1) is 17.2 Å². The normalized spacial score (nSPS) is 12.4. The Hall–Kier alpha value is -2.48. The molecule has 2 heterocycles. The van der Waals surface area contributed by atoms with E-state index in [1.54, 1.807) is 6.20 Å². The summed E-state index contributed by atoms with van der Waals surface area (Å²) in [7, 11) is 0. The third-order valence-electron chi connectivity index (χ3n) is 4.41. The van der Waals surface area contributed by atoms with Crippen LogP contribution in [0, 0.1) is 0 Å². The largest absolute Gasteiger partial charge is 0.481 e. The van der Waals surface area contributed by atoms with Crippen LogP contribution in [0.1, 0.15) is 45.0 Å². The molecule has 0 fully saturated rings. The molecule has 0 aliphatic carbocycles. The maximum absolute atomic E-state index is 11.3. The number of carboxylic acids is 1. The van der Waals surface area contributed by atoms with Crippen molar-refractivity contribution >= 4 is 49.8 Å². The number of aromatic nitrogens is 3. The molecule has 1 unspecified atom stereocenters. The number of nitrogens with zero attached hydrogens (tertiary/aromatic N) is 3. The highest BCUT2D eigenvalue weighted by atomic mass is 79.9. The van der Waals surface area contributed by atoms with Crippen LogP contribution in [0.15, 0.2) is 28.9 Å². The van der Waals surface area contributed by atoms with E-state index in [4.69, 9.17) is 9.84 Å². The first kappa shape index (κ1) is 19.3. The van der Waals surface area contributed by atoms with Crippen molar-refractivity contribution in [1.29, 1.82) is 0 Å². The highest BCUT2D eigenvalue weighted by molar-refractivity contribution is 9.10. The van der Waals surface area contributed by atoms with Crippen LogP contribution in [0.25, 0.3) is 21.9 Å². The predicted octanol–water partition coefficient (Wildman–Crippen LogP) is 4.23. The number of aliphatic carboxylic acids is 1. The first-order valence-electron chi connectivity index (χ1n) is 8.67. The fraction of sp³-hybridized carbons (Fsp3) is 0.368. The molecule has 1 atom stereocenters. The SMILES string of the molecule is CC(=O)OCc1nc2cnc3cc(Br)ccc3c2n1C(C)CCCC(=O)O. The number of carboxylic acid groups (broad SMARTS) is 1. The summed E-state index contributed by atoms with van der Waals surface area (Å²) in [4.78, 5) is 31.2. The maximum Gasteiger partial charge on any atom is 0.303 e. The van der Waals surface area contributed by atoms with Gasteiger partial charge in [0.15, 0.2) is 0 Å². The highest BCUT2D eigenvalue weighted by Crippen LogP contribution is 2.31. The molecule has 0 radical (unpaired) electrons. The van der Waals surface area contributed by atoms with Crippen LogP contribution in [0.3, 0.4) is 0 Å². The van der Waals surface area contributed by atoms with Gasteiger partial charge in [0.2, 0.25) is 0 Å². The van der Waals surface area contributed by atoms with Gasteiger partial charge in [-0.3, -0.25) is 14.6 Å². The molecule has 0 amide bonds. The summed E-state index contributed by atoms with van der Waals surface area (Å²) in [6.45, 7) is 3.44. The van der Waals surface area contributed by atoms with Gasteiger partial charge >= 0.3 is 11.9 Å². The molecular weight excluding hydrogens is 414 g/mol. The van der Waals surface area contributed by atoms with E-state index in [1.807, 2.05) is 29.7 Å². The van der Waals surface area contributed by atoms with Crippen molar-refractivity contribution in [2.75, 3.05) is 0 Å². The van der Waals surface area contributed by atoms with Gasteiger partial charge in [0.25, 0.3) is 0 Å². The number of halogens is 1. The van der Waals surface area contributed by atoms with E-state index in [1.165, 1.54) is 6.92 Å². The Kier molecular flexibility index (Phi) is 5.74. The minimum absolute atomic E-state index is 0.00541. The Morgan fingerprint density at radius 2 is 2.11 bits per heavy atom. The number of esters is 1. The number of carbonyl (C=O) groups is 2. The monoisotopic (exact) mass is 433 g/mol. The van der Waals surface area contributed by atoms with Crippen molar-refractivity contribution in [2.24, 2.45) is 0 Å². The Morgan fingerprint density at radius 3 is 2.81 bits per heavy atom. The number of ether oxygens (including phenoxy) is 1. The molecule has 1 N–H and O–H groups in total. The Balaban J connectivity index is 2.10. The standard InChI is InChI=1S/C19H20BrN3O4/c1-11(4-3-5-18(25)26)23-17(10-27-12(2)24)22-16-9-21-15-8-13(20)6-7-14(15)19(16)23/h6-9,11H,3-5,10H2,1-2H3,(H,25,26). The van der Waals surface area contributed by atoms with E-state index in [-0.39, 0.29) is 25.0 Å². The Morgan fingerprint density at radius 1 is 1.33 bits per heavy atom. The first-order chi connectivity index (χ1) is 12.9. The lowest BCUT2D eigenvalue weighted by atomic mass is 10.1. The van der Waals surface area contributed by atoms with Gasteiger partial charge in [-0.2, -0.15) is 0 Å². The van der Waals surface area contributed by atoms with Crippen LogP contribution in [-0.2, 0) is 20.9 Å². The molecule has 0 aliphatic heterocycles. The molecule has 1 aromatic carbocycles. The lowest BCUT2D eigenvalue weighted by molar-refractivity contribution is -0.142. The summed E-state index contributed by atoms with van der Waals surface area (Å²) < 4.78 is 8.15. The van der Waals surface area contributed by atoms with Crippen LogP contribution in [0.2, 0.25) is 0 Å². The zero-order chi connectivity index (χ0) is 19.6. The number of benzene rings is 1. The van der Waals surface area contributed by atoms with Crippen molar-refractivity contribution in [3.8, 4) is 0 Å². The summed E-state index contributed by atoms with van der Waals surface area (Å²) >= 11 is 3.46. The van der Waals surface area contributed by atoms with Crippen LogP contribution in [-0.4, -0.2) is 31.6 Å². The molecule has 27 heavy (non-hydrogen) atoms. The van der Waals surface area contributed by atoms with Gasteiger partial charge < -0.3 is 14.4 Å². The molecular formula is C19H20BrN3O4. The van der Waals surface area contributed by atoms with E-state index in [2.05, 4.69) is 25.9 Å². The molecule has 0 saturated heterocycles. The Labute approximate surface area is 164 Å². The van der Waals surface area contributed by atoms with Gasteiger partial charge in [-0.1, -0.05) is 15.9 Å². The average Bonchev–Trinajstić information content (AvgIpc) is 2.98. The summed E-state index contributed by atoms with van der Waals surface area (Å²) in [5, 5.41) is 9.85. The van der Waals surface area contributed by atoms with Gasteiger partial charge in [0, 0.05) is 29.2 Å². The van der Waals surface area contributed by atoms with Crippen molar-refractivity contribution in [1.82, 2.24) is 14.5 Å². The number of rotatable bonds is 7. The van der Waals surface area contributed by atoms with Crippen molar-refractivity contribution < 1.29 is 19.4 Å². The van der Waals surface area contributed by atoms with Gasteiger partial charge in [-0.15, -0.1) is 0 Å². The predicted molar refractivity (Wildman–Crippen MR) is 104 cm³/mol. The minimum Gasteiger partial charge on any atom is -0.481 e. The molecule has 3 rings (SSSR count). The molecule has 0 bridgehead atoms. The number of fused-ring (bicyclic) bond motifs is 3. The van der Waals surface area contributed by atoms with E-state index in [0.717, 1.165) is 26.4 Å². The molecule has 3 aromatic rings. The molecule has 0 saturated carbocycles. The molecule has 2 aromatic heterocycles. The second-order valence-corrected chi connectivity index (χ2v) is 7.38. The summed E-state index contributed by atoms with van der Waals surface area (Å²) in [5.74, 6) is -0.559. The van der Waals surface area contributed by atoms with Crippen molar-refractivity contribution in [3.05, 3.63) is 34.7 Å². The molecule has 7 nitrogen and oxygen atoms in total. The molecule has 8 heteroatoms. The van der Waals surface area contributed by atoms with Gasteiger partial charge in [-0.25, -0.2) is 4.98 Å². The zero-order valence-corrected chi connectivity index (χ0v) is 16.7. The Bertz CT molecular complexity index is 1020. The fourth-order valence-corrected chi connectivity index (χ4v) is 3.57. The van der Waals surface area contributed by atoms with Gasteiger partial charge in [-0.05, 0) is 38.0 Å². The van der Waals surface area contributed by atoms with E-state index >= 15 is 0 Å².